The molecule has 3 heteroatoms. The Bertz CT molecular complexity index is 669. The maximum atomic E-state index is 12.5. The molecule has 0 bridgehead atoms. The molecule has 0 aliphatic carbocycles. The smallest absolute Gasteiger partial charge is 0.257 e. The summed E-state index contributed by atoms with van der Waals surface area (Å²) >= 11 is 0. The van der Waals surface area contributed by atoms with Crippen molar-refractivity contribution >= 4 is 17.3 Å². The van der Waals surface area contributed by atoms with E-state index in [0.717, 1.165) is 16.8 Å². The van der Waals surface area contributed by atoms with Gasteiger partial charge in [-0.3, -0.25) is 4.79 Å². The van der Waals surface area contributed by atoms with Crippen molar-refractivity contribution in [3.8, 4) is 0 Å². The molecule has 0 aliphatic heterocycles. The Morgan fingerprint density at radius 3 is 2.43 bits per heavy atom. The van der Waals surface area contributed by atoms with E-state index < -0.39 is 0 Å². The summed E-state index contributed by atoms with van der Waals surface area (Å²) in [5.74, 6) is -0.173. The van der Waals surface area contributed by atoms with Crippen molar-refractivity contribution in [2.24, 2.45) is 0 Å². The molecule has 0 fully saturated rings. The van der Waals surface area contributed by atoms with Gasteiger partial charge in [0.25, 0.3) is 5.91 Å². The lowest BCUT2D eigenvalue weighted by Gasteiger charge is -2.23. The summed E-state index contributed by atoms with van der Waals surface area (Å²) in [6.45, 7) is 8.32. The van der Waals surface area contributed by atoms with Crippen LogP contribution in [0.2, 0.25) is 0 Å². The zero-order valence-electron chi connectivity index (χ0n) is 13.0. The predicted octanol–water partition coefficient (Wildman–Crippen LogP) is 4.13. The van der Waals surface area contributed by atoms with Crippen LogP contribution in [-0.2, 0) is 5.41 Å². The lowest BCUT2D eigenvalue weighted by molar-refractivity contribution is 0.102. The fourth-order valence-corrected chi connectivity index (χ4v) is 2.30. The maximum Gasteiger partial charge on any atom is 0.257 e. The van der Waals surface area contributed by atoms with E-state index in [-0.39, 0.29) is 11.3 Å². The molecule has 0 heterocycles. The first-order valence-corrected chi connectivity index (χ1v) is 7.06. The van der Waals surface area contributed by atoms with Crippen LogP contribution in [0.1, 0.15) is 42.3 Å². The van der Waals surface area contributed by atoms with Gasteiger partial charge in [-0.2, -0.15) is 0 Å². The molecule has 0 saturated carbocycles. The van der Waals surface area contributed by atoms with Crippen LogP contribution in [0.5, 0.6) is 0 Å². The van der Waals surface area contributed by atoms with Gasteiger partial charge in [0.2, 0.25) is 0 Å². The second kappa shape index (κ2) is 5.60. The standard InChI is InChI=1S/C18H22N2O/c1-12-9-10-15(19)13(11-12)17(21)20-16-8-6-5-7-14(16)18(2,3)4/h5-11H,19H2,1-4H3,(H,20,21). The van der Waals surface area contributed by atoms with Crippen molar-refractivity contribution in [2.45, 2.75) is 33.1 Å². The Morgan fingerprint density at radius 1 is 1.10 bits per heavy atom. The van der Waals surface area contributed by atoms with Gasteiger partial charge < -0.3 is 11.1 Å². The molecule has 0 spiro atoms. The number of nitrogen functional groups attached to an aromatic ring is 1. The van der Waals surface area contributed by atoms with Gasteiger partial charge >= 0.3 is 0 Å². The minimum atomic E-state index is -0.173. The number of nitrogens with two attached hydrogens (primary N) is 1. The van der Waals surface area contributed by atoms with Gasteiger partial charge in [-0.25, -0.2) is 0 Å². The number of para-hydroxylation sites is 1. The van der Waals surface area contributed by atoms with Gasteiger partial charge in [0.05, 0.1) is 5.56 Å². The second-order valence-electron chi connectivity index (χ2n) is 6.34. The van der Waals surface area contributed by atoms with E-state index in [4.69, 9.17) is 5.73 Å². The Labute approximate surface area is 126 Å². The highest BCUT2D eigenvalue weighted by Gasteiger charge is 2.19. The molecule has 0 aromatic heterocycles. The number of hydrogen-bond donors (Lipinski definition) is 2. The highest BCUT2D eigenvalue weighted by Crippen LogP contribution is 2.29. The molecule has 2 aromatic rings. The first-order valence-electron chi connectivity index (χ1n) is 7.06. The van der Waals surface area contributed by atoms with Crippen LogP contribution in [-0.4, -0.2) is 5.91 Å². The number of hydrogen-bond acceptors (Lipinski definition) is 2. The number of benzene rings is 2. The highest BCUT2D eigenvalue weighted by molar-refractivity contribution is 6.08. The monoisotopic (exact) mass is 282 g/mol. The van der Waals surface area contributed by atoms with Crippen molar-refractivity contribution in [3.05, 3.63) is 59.2 Å². The fraction of sp³-hybridized carbons (Fsp3) is 0.278. The minimum Gasteiger partial charge on any atom is -0.398 e. The predicted molar refractivity (Wildman–Crippen MR) is 88.7 cm³/mol. The Hall–Kier alpha value is -2.29. The van der Waals surface area contributed by atoms with Crippen LogP contribution in [0, 0.1) is 6.92 Å². The van der Waals surface area contributed by atoms with Gasteiger partial charge in [-0.1, -0.05) is 50.6 Å². The van der Waals surface area contributed by atoms with E-state index in [1.54, 1.807) is 6.07 Å². The molecule has 1 amide bonds. The molecule has 3 N–H and O–H groups in total. The van der Waals surface area contributed by atoms with Crippen molar-refractivity contribution in [1.82, 2.24) is 0 Å². The summed E-state index contributed by atoms with van der Waals surface area (Å²) in [7, 11) is 0. The SMILES string of the molecule is Cc1ccc(N)c(C(=O)Nc2ccccc2C(C)(C)C)c1. The summed E-state index contributed by atoms with van der Waals surface area (Å²) in [4.78, 5) is 12.5. The van der Waals surface area contributed by atoms with Gasteiger partial charge in [-0.05, 0) is 36.1 Å². The molecule has 2 rings (SSSR count). The van der Waals surface area contributed by atoms with Crippen LogP contribution in [0.4, 0.5) is 11.4 Å². The van der Waals surface area contributed by atoms with Crippen molar-refractivity contribution < 1.29 is 4.79 Å². The fourth-order valence-electron chi connectivity index (χ4n) is 2.30. The first kappa shape index (κ1) is 15.1. The molecule has 0 radical (unpaired) electrons. The molecule has 0 aliphatic rings. The number of amides is 1. The number of rotatable bonds is 2. The Balaban J connectivity index is 2.35. The van der Waals surface area contributed by atoms with Crippen LogP contribution in [0.25, 0.3) is 0 Å². The van der Waals surface area contributed by atoms with Crippen LogP contribution >= 0.6 is 0 Å². The van der Waals surface area contributed by atoms with E-state index in [1.165, 1.54) is 0 Å². The van der Waals surface area contributed by atoms with Crippen molar-refractivity contribution in [2.75, 3.05) is 11.1 Å². The summed E-state index contributed by atoms with van der Waals surface area (Å²) < 4.78 is 0. The second-order valence-corrected chi connectivity index (χ2v) is 6.34. The summed E-state index contributed by atoms with van der Waals surface area (Å²) in [6.07, 6.45) is 0. The molecule has 3 nitrogen and oxygen atoms in total. The van der Waals surface area contributed by atoms with Crippen LogP contribution < -0.4 is 11.1 Å². The molecule has 110 valence electrons. The number of nitrogens with one attached hydrogen (secondary N) is 1. The van der Waals surface area contributed by atoms with Gasteiger partial charge in [0, 0.05) is 11.4 Å². The van der Waals surface area contributed by atoms with Crippen LogP contribution in [0.15, 0.2) is 42.5 Å². The first-order chi connectivity index (χ1) is 9.79. The number of carbonyl (C=O) groups is 1. The lowest BCUT2D eigenvalue weighted by Crippen LogP contribution is -2.19. The van der Waals surface area contributed by atoms with Crippen LogP contribution in [0.3, 0.4) is 0 Å². The third kappa shape index (κ3) is 3.43. The Morgan fingerprint density at radius 2 is 1.76 bits per heavy atom. The largest absolute Gasteiger partial charge is 0.398 e. The molecular formula is C18H22N2O. The number of carbonyl (C=O) groups excluding carboxylic acids is 1. The molecule has 21 heavy (non-hydrogen) atoms. The molecular weight excluding hydrogens is 260 g/mol. The summed E-state index contributed by atoms with van der Waals surface area (Å²) in [5, 5.41) is 2.98. The summed E-state index contributed by atoms with van der Waals surface area (Å²) in [5.41, 5.74) is 9.82. The van der Waals surface area contributed by atoms with Crippen molar-refractivity contribution in [1.29, 1.82) is 0 Å². The van der Waals surface area contributed by atoms with E-state index in [2.05, 4.69) is 26.1 Å². The van der Waals surface area contributed by atoms with Crippen molar-refractivity contribution in [3.63, 3.8) is 0 Å². The normalized spacial score (nSPS) is 11.2. The number of anilines is 2. The zero-order valence-corrected chi connectivity index (χ0v) is 13.0. The maximum absolute atomic E-state index is 12.5. The zero-order chi connectivity index (χ0) is 15.6. The Kier molecular flexibility index (Phi) is 4.03. The quantitative estimate of drug-likeness (QED) is 0.814. The van der Waals surface area contributed by atoms with Gasteiger partial charge in [0.1, 0.15) is 0 Å². The average Bonchev–Trinajstić information content (AvgIpc) is 2.41. The third-order valence-corrected chi connectivity index (χ3v) is 3.44. The average molecular weight is 282 g/mol. The highest BCUT2D eigenvalue weighted by atomic mass is 16.1. The van der Waals surface area contributed by atoms with Gasteiger partial charge in [-0.15, -0.1) is 0 Å². The third-order valence-electron chi connectivity index (χ3n) is 3.44. The minimum absolute atomic E-state index is 0.0397. The van der Waals surface area contributed by atoms with E-state index in [0.29, 0.717) is 11.3 Å². The van der Waals surface area contributed by atoms with E-state index in [1.807, 2.05) is 43.3 Å². The topological polar surface area (TPSA) is 55.1 Å². The molecule has 0 atom stereocenters. The number of aryl methyl sites for hydroxylation is 1. The molecule has 0 saturated heterocycles. The van der Waals surface area contributed by atoms with E-state index in [9.17, 15) is 4.79 Å². The van der Waals surface area contributed by atoms with Gasteiger partial charge in [0.15, 0.2) is 0 Å². The van der Waals surface area contributed by atoms with E-state index >= 15 is 0 Å². The molecule has 2 aromatic carbocycles. The summed E-state index contributed by atoms with van der Waals surface area (Å²) in [6, 6.07) is 13.3. The lowest BCUT2D eigenvalue weighted by atomic mass is 9.86. The molecule has 0 unspecified atom stereocenters.